The van der Waals surface area contributed by atoms with Gasteiger partial charge in [0.05, 0.1) is 17.5 Å². The molecular formula is C20H27N3O5S2. The van der Waals surface area contributed by atoms with Crippen molar-refractivity contribution in [2.24, 2.45) is 4.99 Å². The molecule has 8 nitrogen and oxygen atoms in total. The maximum absolute atomic E-state index is 12.4. The zero-order valence-electron chi connectivity index (χ0n) is 17.3. The van der Waals surface area contributed by atoms with E-state index in [0.717, 1.165) is 5.56 Å². The predicted octanol–water partition coefficient (Wildman–Crippen LogP) is 2.20. The number of thioether (sulfide) groups is 1. The number of alkyl carbamates (subject to hydrolysis) is 1. The molecule has 1 aromatic rings. The van der Waals surface area contributed by atoms with Crippen LogP contribution in [0.3, 0.4) is 0 Å². The molecule has 2 heterocycles. The van der Waals surface area contributed by atoms with E-state index in [1.807, 2.05) is 35.2 Å². The van der Waals surface area contributed by atoms with Crippen LogP contribution in [0.4, 0.5) is 4.79 Å². The minimum absolute atomic E-state index is 0.0378. The monoisotopic (exact) mass is 453 g/mol. The number of nitrogens with zero attached hydrogens (tertiary/aromatic N) is 2. The van der Waals surface area contributed by atoms with Crippen molar-refractivity contribution in [3.63, 3.8) is 0 Å². The molecule has 2 aliphatic heterocycles. The number of carbonyl (C=O) groups excluding carboxylic acids is 2. The van der Waals surface area contributed by atoms with E-state index in [1.54, 1.807) is 20.8 Å². The van der Waals surface area contributed by atoms with Gasteiger partial charge in [-0.15, -0.1) is 0 Å². The van der Waals surface area contributed by atoms with E-state index in [4.69, 9.17) is 4.74 Å². The van der Waals surface area contributed by atoms with Gasteiger partial charge in [-0.1, -0.05) is 42.1 Å². The smallest absolute Gasteiger partial charge is 0.407 e. The Morgan fingerprint density at radius 1 is 1.23 bits per heavy atom. The third kappa shape index (κ3) is 6.21. The Balaban J connectivity index is 1.64. The Morgan fingerprint density at radius 2 is 1.93 bits per heavy atom. The summed E-state index contributed by atoms with van der Waals surface area (Å²) in [7, 11) is -3.09. The first-order valence-corrected chi connectivity index (χ1v) is 12.5. The van der Waals surface area contributed by atoms with Crippen LogP contribution in [0.15, 0.2) is 35.3 Å². The van der Waals surface area contributed by atoms with Crippen LogP contribution in [-0.4, -0.2) is 65.4 Å². The lowest BCUT2D eigenvalue weighted by Crippen LogP contribution is -2.37. The van der Waals surface area contributed by atoms with Crippen LogP contribution < -0.4 is 5.32 Å². The summed E-state index contributed by atoms with van der Waals surface area (Å²) in [5, 5.41) is 2.97. The van der Waals surface area contributed by atoms with E-state index in [2.05, 4.69) is 10.3 Å². The average molecular weight is 454 g/mol. The molecule has 1 N–H and O–H groups in total. The Bertz CT molecular complexity index is 926. The van der Waals surface area contributed by atoms with Crippen molar-refractivity contribution >= 4 is 38.8 Å². The molecule has 2 aliphatic rings. The summed E-state index contributed by atoms with van der Waals surface area (Å²) in [6, 6.07) is 9.50. The first kappa shape index (κ1) is 22.6. The molecule has 10 heteroatoms. The number of hydrogen-bond donors (Lipinski definition) is 1. The highest BCUT2D eigenvalue weighted by atomic mass is 32.2. The van der Waals surface area contributed by atoms with E-state index in [0.29, 0.717) is 11.7 Å². The van der Waals surface area contributed by atoms with Crippen LogP contribution in [0.25, 0.3) is 0 Å². The van der Waals surface area contributed by atoms with E-state index in [-0.39, 0.29) is 41.7 Å². The summed E-state index contributed by atoms with van der Waals surface area (Å²) < 4.78 is 29.3. The quantitative estimate of drug-likeness (QED) is 0.729. The lowest BCUT2D eigenvalue weighted by molar-refractivity contribution is -0.117. The van der Waals surface area contributed by atoms with E-state index < -0.39 is 21.5 Å². The topological polar surface area (TPSA) is 105 Å². The molecule has 1 aromatic carbocycles. The van der Waals surface area contributed by atoms with Crippen LogP contribution in [0.2, 0.25) is 0 Å². The van der Waals surface area contributed by atoms with E-state index >= 15 is 0 Å². The molecule has 2 saturated heterocycles. The molecule has 0 saturated carbocycles. The zero-order valence-corrected chi connectivity index (χ0v) is 19.0. The van der Waals surface area contributed by atoms with Gasteiger partial charge in [0.1, 0.15) is 5.60 Å². The second kappa shape index (κ2) is 8.97. The van der Waals surface area contributed by atoms with Gasteiger partial charge >= 0.3 is 6.09 Å². The Morgan fingerprint density at radius 3 is 2.60 bits per heavy atom. The summed E-state index contributed by atoms with van der Waals surface area (Å²) in [5.41, 5.74) is 0.417. The number of amidine groups is 1. The van der Waals surface area contributed by atoms with Crippen molar-refractivity contribution in [3.8, 4) is 0 Å². The van der Waals surface area contributed by atoms with Gasteiger partial charge in [0.15, 0.2) is 15.0 Å². The van der Waals surface area contributed by atoms with E-state index in [1.165, 1.54) is 11.8 Å². The van der Waals surface area contributed by atoms with Gasteiger partial charge in [-0.3, -0.25) is 4.79 Å². The lowest BCUT2D eigenvalue weighted by atomic mass is 10.1. The first-order valence-electron chi connectivity index (χ1n) is 9.78. The summed E-state index contributed by atoms with van der Waals surface area (Å²) >= 11 is 1.35. The van der Waals surface area contributed by atoms with Crippen molar-refractivity contribution in [1.82, 2.24) is 10.2 Å². The SMILES string of the molecule is CC(C)(C)OC(=O)NCCC(=O)N=C1SC2CS(=O)(=O)CC2N1Cc1ccccc1. The summed E-state index contributed by atoms with van der Waals surface area (Å²) in [6.45, 7) is 5.90. The molecule has 3 rings (SSSR count). The van der Waals surface area contributed by atoms with Crippen molar-refractivity contribution < 1.29 is 22.7 Å². The summed E-state index contributed by atoms with van der Waals surface area (Å²) in [5.74, 6) is -0.194. The Hall–Kier alpha value is -2.07. The highest BCUT2D eigenvalue weighted by Crippen LogP contribution is 2.39. The molecule has 30 heavy (non-hydrogen) atoms. The molecule has 2 fully saturated rings. The zero-order chi connectivity index (χ0) is 21.9. The molecule has 0 radical (unpaired) electrons. The van der Waals surface area contributed by atoms with Gasteiger partial charge in [0.2, 0.25) is 5.91 Å². The largest absolute Gasteiger partial charge is 0.444 e. The number of nitrogens with one attached hydrogen (secondary N) is 1. The van der Waals surface area contributed by atoms with Gasteiger partial charge < -0.3 is 15.0 Å². The van der Waals surface area contributed by atoms with Crippen molar-refractivity contribution in [3.05, 3.63) is 35.9 Å². The van der Waals surface area contributed by atoms with Crippen molar-refractivity contribution in [1.29, 1.82) is 0 Å². The van der Waals surface area contributed by atoms with Gasteiger partial charge in [0, 0.05) is 24.8 Å². The standard InChI is InChI=1S/C20H27N3O5S2/c1-20(2,3)28-19(25)21-10-9-17(24)22-18-23(11-14-7-5-4-6-8-14)15-12-30(26,27)13-16(15)29-18/h4-8,15-16H,9-13H2,1-3H3,(H,21,25). The number of benzene rings is 1. The number of amides is 2. The molecule has 0 bridgehead atoms. The molecule has 0 spiro atoms. The molecule has 164 valence electrons. The third-order valence-corrected chi connectivity index (χ3v) is 7.85. The minimum atomic E-state index is -3.09. The van der Waals surface area contributed by atoms with Gasteiger partial charge in [0.25, 0.3) is 0 Å². The van der Waals surface area contributed by atoms with Gasteiger partial charge in [-0.25, -0.2) is 13.2 Å². The van der Waals surface area contributed by atoms with Crippen LogP contribution >= 0.6 is 11.8 Å². The normalized spacial score (nSPS) is 24.0. The van der Waals surface area contributed by atoms with Crippen molar-refractivity contribution in [2.75, 3.05) is 18.1 Å². The van der Waals surface area contributed by atoms with Crippen LogP contribution in [0.1, 0.15) is 32.8 Å². The molecule has 0 aliphatic carbocycles. The van der Waals surface area contributed by atoms with E-state index in [9.17, 15) is 18.0 Å². The van der Waals surface area contributed by atoms with Gasteiger partial charge in [-0.05, 0) is 26.3 Å². The number of sulfone groups is 1. The van der Waals surface area contributed by atoms with Crippen LogP contribution in [0, 0.1) is 0 Å². The fraction of sp³-hybridized carbons (Fsp3) is 0.550. The second-order valence-electron chi connectivity index (χ2n) is 8.38. The maximum Gasteiger partial charge on any atom is 0.407 e. The minimum Gasteiger partial charge on any atom is -0.444 e. The van der Waals surface area contributed by atoms with Crippen molar-refractivity contribution in [2.45, 2.75) is 50.6 Å². The number of carbonyl (C=O) groups is 2. The van der Waals surface area contributed by atoms with Crippen LogP contribution in [-0.2, 0) is 25.9 Å². The number of ether oxygens (including phenoxy) is 1. The van der Waals surface area contributed by atoms with Crippen LogP contribution in [0.5, 0.6) is 0 Å². The highest BCUT2D eigenvalue weighted by Gasteiger charge is 2.48. The third-order valence-electron chi connectivity index (χ3n) is 4.60. The molecule has 2 amide bonds. The maximum atomic E-state index is 12.4. The number of rotatable bonds is 5. The summed E-state index contributed by atoms with van der Waals surface area (Å²) in [4.78, 5) is 30.2. The predicted molar refractivity (Wildman–Crippen MR) is 117 cm³/mol. The number of fused-ring (bicyclic) bond motifs is 1. The molecular weight excluding hydrogens is 426 g/mol. The molecule has 2 unspecified atom stereocenters. The average Bonchev–Trinajstić information content (AvgIpc) is 3.07. The molecule has 2 atom stereocenters. The number of hydrogen-bond acceptors (Lipinski definition) is 6. The Labute approximate surface area is 181 Å². The summed E-state index contributed by atoms with van der Waals surface area (Å²) in [6.07, 6.45) is -0.542. The Kier molecular flexibility index (Phi) is 6.76. The molecule has 0 aromatic heterocycles. The first-order chi connectivity index (χ1) is 14.0. The number of aliphatic imine (C=N–C) groups is 1. The second-order valence-corrected chi connectivity index (χ2v) is 11.7. The fourth-order valence-corrected chi connectivity index (χ4v) is 7.32. The highest BCUT2D eigenvalue weighted by molar-refractivity contribution is 8.15. The van der Waals surface area contributed by atoms with Gasteiger partial charge in [-0.2, -0.15) is 4.99 Å². The lowest BCUT2D eigenvalue weighted by Gasteiger charge is -2.24. The fourth-order valence-electron chi connectivity index (χ4n) is 3.35.